The Hall–Kier alpha value is -1.89. The maximum atomic E-state index is 12.3. The number of aromatic nitrogens is 2. The summed E-state index contributed by atoms with van der Waals surface area (Å²) in [6, 6.07) is 1.67. The Morgan fingerprint density at radius 2 is 2.43 bits per heavy atom. The highest BCUT2D eigenvalue weighted by atomic mass is 32.1. The Morgan fingerprint density at radius 1 is 1.57 bits per heavy atom. The third-order valence-electron chi connectivity index (χ3n) is 4.00. The molecule has 0 spiro atoms. The Kier molecular flexibility index (Phi) is 4.95. The molecule has 0 aliphatic carbocycles. The molecule has 2 aromatic heterocycles. The van der Waals surface area contributed by atoms with Gasteiger partial charge in [0.25, 0.3) is 11.8 Å². The van der Waals surface area contributed by atoms with E-state index in [0.717, 1.165) is 43.1 Å². The first kappa shape index (κ1) is 16.0. The molecule has 7 heteroatoms. The van der Waals surface area contributed by atoms with Gasteiger partial charge in [-0.15, -0.1) is 11.3 Å². The third kappa shape index (κ3) is 3.90. The highest BCUT2D eigenvalue weighted by molar-refractivity contribution is 7.09. The largest absolute Gasteiger partial charge is 0.465 e. The minimum atomic E-state index is -0.0115. The monoisotopic (exact) mass is 335 g/mol. The van der Waals surface area contributed by atoms with E-state index in [1.807, 2.05) is 4.90 Å². The van der Waals surface area contributed by atoms with Gasteiger partial charge in [-0.2, -0.15) is 0 Å². The van der Waals surface area contributed by atoms with Crippen molar-refractivity contribution < 1.29 is 14.1 Å². The van der Waals surface area contributed by atoms with Gasteiger partial charge in [0.2, 0.25) is 0 Å². The zero-order valence-electron chi connectivity index (χ0n) is 13.4. The molecule has 124 valence electrons. The molecule has 0 radical (unpaired) electrons. The predicted molar refractivity (Wildman–Crippen MR) is 86.8 cm³/mol. The number of nitrogens with zero attached hydrogens (tertiary/aromatic N) is 3. The number of hydrogen-bond donors (Lipinski definition) is 0. The van der Waals surface area contributed by atoms with E-state index in [2.05, 4.69) is 22.4 Å². The van der Waals surface area contributed by atoms with E-state index in [4.69, 9.17) is 9.26 Å². The fourth-order valence-corrected chi connectivity index (χ4v) is 3.75. The lowest BCUT2D eigenvalue weighted by molar-refractivity contribution is -0.134. The fourth-order valence-electron chi connectivity index (χ4n) is 2.72. The SMILES string of the molecule is CCc1csc(C2CCCN(C(=O)COc3cc(C)on3)C2)n1. The zero-order valence-corrected chi connectivity index (χ0v) is 14.3. The molecule has 0 bridgehead atoms. The summed E-state index contributed by atoms with van der Waals surface area (Å²) in [6.07, 6.45) is 3.04. The molecular weight excluding hydrogens is 314 g/mol. The maximum absolute atomic E-state index is 12.3. The quantitative estimate of drug-likeness (QED) is 0.840. The van der Waals surface area contributed by atoms with Gasteiger partial charge in [-0.1, -0.05) is 6.92 Å². The number of aryl methyl sites for hydroxylation is 2. The van der Waals surface area contributed by atoms with Crippen LogP contribution >= 0.6 is 11.3 Å². The zero-order chi connectivity index (χ0) is 16.2. The Balaban J connectivity index is 1.55. The van der Waals surface area contributed by atoms with Crippen LogP contribution in [-0.4, -0.2) is 40.6 Å². The van der Waals surface area contributed by atoms with Gasteiger partial charge in [0.1, 0.15) is 5.76 Å². The van der Waals surface area contributed by atoms with Crippen molar-refractivity contribution in [2.45, 2.75) is 39.0 Å². The van der Waals surface area contributed by atoms with Crippen LogP contribution in [0.4, 0.5) is 0 Å². The van der Waals surface area contributed by atoms with E-state index in [1.165, 1.54) is 0 Å². The Labute approximate surface area is 139 Å². The molecule has 1 fully saturated rings. The number of carbonyl (C=O) groups excluding carboxylic acids is 1. The summed E-state index contributed by atoms with van der Waals surface area (Å²) in [6.45, 7) is 5.39. The lowest BCUT2D eigenvalue weighted by Crippen LogP contribution is -2.41. The summed E-state index contributed by atoms with van der Waals surface area (Å²) >= 11 is 1.70. The fraction of sp³-hybridized carbons (Fsp3) is 0.562. The molecule has 0 saturated carbocycles. The molecule has 1 saturated heterocycles. The van der Waals surface area contributed by atoms with Crippen molar-refractivity contribution >= 4 is 17.2 Å². The van der Waals surface area contributed by atoms with Crippen LogP contribution in [0.25, 0.3) is 0 Å². The topological polar surface area (TPSA) is 68.5 Å². The average molecular weight is 335 g/mol. The van der Waals surface area contributed by atoms with Crippen LogP contribution in [0.3, 0.4) is 0 Å². The number of likely N-dealkylation sites (tertiary alicyclic amines) is 1. The molecule has 1 unspecified atom stereocenters. The second-order valence-corrected chi connectivity index (χ2v) is 6.66. The Bertz CT molecular complexity index is 667. The lowest BCUT2D eigenvalue weighted by Gasteiger charge is -2.31. The van der Waals surface area contributed by atoms with Crippen molar-refractivity contribution in [3.8, 4) is 5.88 Å². The average Bonchev–Trinajstić information content (AvgIpc) is 3.21. The van der Waals surface area contributed by atoms with Crippen molar-refractivity contribution in [2.24, 2.45) is 0 Å². The van der Waals surface area contributed by atoms with E-state index in [1.54, 1.807) is 24.3 Å². The van der Waals surface area contributed by atoms with Crippen LogP contribution in [0, 0.1) is 6.92 Å². The normalized spacial score (nSPS) is 18.2. The molecule has 6 nitrogen and oxygen atoms in total. The van der Waals surface area contributed by atoms with Gasteiger partial charge in [-0.25, -0.2) is 4.98 Å². The van der Waals surface area contributed by atoms with E-state index < -0.39 is 0 Å². The van der Waals surface area contributed by atoms with Crippen LogP contribution in [0.2, 0.25) is 0 Å². The maximum Gasteiger partial charge on any atom is 0.260 e. The minimum absolute atomic E-state index is 0.00320. The van der Waals surface area contributed by atoms with Gasteiger partial charge in [0.15, 0.2) is 6.61 Å². The molecular formula is C16H21N3O3S. The number of hydrogen-bond acceptors (Lipinski definition) is 6. The summed E-state index contributed by atoms with van der Waals surface area (Å²) in [5.41, 5.74) is 1.14. The van der Waals surface area contributed by atoms with E-state index in [-0.39, 0.29) is 12.5 Å². The smallest absolute Gasteiger partial charge is 0.260 e. The third-order valence-corrected chi connectivity index (χ3v) is 5.06. The van der Waals surface area contributed by atoms with Gasteiger partial charge < -0.3 is 14.2 Å². The molecule has 0 N–H and O–H groups in total. The van der Waals surface area contributed by atoms with Crippen molar-refractivity contribution in [1.29, 1.82) is 0 Å². The molecule has 1 atom stereocenters. The van der Waals surface area contributed by atoms with Crippen LogP contribution in [0.15, 0.2) is 16.0 Å². The van der Waals surface area contributed by atoms with Gasteiger partial charge in [-0.3, -0.25) is 4.79 Å². The van der Waals surface area contributed by atoms with E-state index in [0.29, 0.717) is 17.6 Å². The number of thiazole rings is 1. The molecule has 3 rings (SSSR count). The molecule has 1 amide bonds. The number of ether oxygens (including phenoxy) is 1. The van der Waals surface area contributed by atoms with Crippen LogP contribution in [0.5, 0.6) is 5.88 Å². The van der Waals surface area contributed by atoms with Gasteiger partial charge >= 0.3 is 0 Å². The van der Waals surface area contributed by atoms with Crippen molar-refractivity contribution in [2.75, 3.05) is 19.7 Å². The number of carbonyl (C=O) groups is 1. The summed E-state index contributed by atoms with van der Waals surface area (Å²) in [7, 11) is 0. The van der Waals surface area contributed by atoms with Crippen LogP contribution in [-0.2, 0) is 11.2 Å². The number of piperidine rings is 1. The number of amides is 1. The molecule has 0 aromatic carbocycles. The van der Waals surface area contributed by atoms with E-state index >= 15 is 0 Å². The van der Waals surface area contributed by atoms with Crippen molar-refractivity contribution in [3.63, 3.8) is 0 Å². The molecule has 1 aliphatic heterocycles. The first-order valence-corrected chi connectivity index (χ1v) is 8.82. The van der Waals surface area contributed by atoms with Crippen molar-refractivity contribution in [1.82, 2.24) is 15.0 Å². The van der Waals surface area contributed by atoms with Gasteiger partial charge in [-0.05, 0) is 31.3 Å². The molecule has 2 aromatic rings. The molecule has 1 aliphatic rings. The molecule has 3 heterocycles. The minimum Gasteiger partial charge on any atom is -0.465 e. The second kappa shape index (κ2) is 7.12. The van der Waals surface area contributed by atoms with Gasteiger partial charge in [0.05, 0.1) is 10.7 Å². The summed E-state index contributed by atoms with van der Waals surface area (Å²) in [5, 5.41) is 6.99. The predicted octanol–water partition coefficient (Wildman–Crippen LogP) is 2.79. The number of rotatable bonds is 5. The summed E-state index contributed by atoms with van der Waals surface area (Å²) in [5.74, 6) is 1.35. The standard InChI is InChI=1S/C16H21N3O3S/c1-3-13-10-23-16(17-13)12-5-4-6-19(8-12)15(20)9-21-14-7-11(2)22-18-14/h7,10,12H,3-6,8-9H2,1-2H3. The van der Waals surface area contributed by atoms with Gasteiger partial charge in [0, 0.05) is 30.5 Å². The van der Waals surface area contributed by atoms with Crippen molar-refractivity contribution in [3.05, 3.63) is 27.9 Å². The highest BCUT2D eigenvalue weighted by Gasteiger charge is 2.27. The second-order valence-electron chi connectivity index (χ2n) is 5.77. The van der Waals surface area contributed by atoms with Crippen LogP contribution < -0.4 is 4.74 Å². The highest BCUT2D eigenvalue weighted by Crippen LogP contribution is 2.29. The molecule has 23 heavy (non-hydrogen) atoms. The first-order chi connectivity index (χ1) is 11.2. The summed E-state index contributed by atoms with van der Waals surface area (Å²) in [4.78, 5) is 18.9. The lowest BCUT2D eigenvalue weighted by atomic mass is 9.98. The van der Waals surface area contributed by atoms with Crippen LogP contribution in [0.1, 0.15) is 42.1 Å². The Morgan fingerprint density at radius 3 is 3.13 bits per heavy atom. The van der Waals surface area contributed by atoms with E-state index in [9.17, 15) is 4.79 Å². The summed E-state index contributed by atoms with van der Waals surface area (Å²) < 4.78 is 10.3. The first-order valence-electron chi connectivity index (χ1n) is 7.94.